The molecule has 1 N–H and O–H groups in total. The van der Waals surface area contributed by atoms with Crippen LogP contribution in [0.25, 0.3) is 0 Å². The Morgan fingerprint density at radius 2 is 1.48 bits per heavy atom. The minimum atomic E-state index is -0.527. The van der Waals surface area contributed by atoms with Crippen LogP contribution in [0.2, 0.25) is 0 Å². The molecule has 3 aliphatic rings. The van der Waals surface area contributed by atoms with Crippen molar-refractivity contribution >= 4 is 24.2 Å². The smallest absolute Gasteiger partial charge is 0.230 e. The first-order valence-electron chi connectivity index (χ1n) is 10.5. The first kappa shape index (κ1) is 22.5. The lowest BCUT2D eigenvalue weighted by Crippen LogP contribution is -2.48. The van der Waals surface area contributed by atoms with Crippen LogP contribution in [0.3, 0.4) is 0 Å². The zero-order chi connectivity index (χ0) is 19.0. The first-order valence-corrected chi connectivity index (χ1v) is 10.5. The average Bonchev–Trinajstić information content (AvgIpc) is 3.35. The molecule has 5 nitrogen and oxygen atoms in total. The van der Waals surface area contributed by atoms with Gasteiger partial charge < -0.3 is 15.1 Å². The Morgan fingerprint density at radius 3 is 1.96 bits per heavy atom. The van der Waals surface area contributed by atoms with Gasteiger partial charge in [-0.25, -0.2) is 0 Å². The van der Waals surface area contributed by atoms with Crippen molar-refractivity contribution in [3.05, 3.63) is 0 Å². The lowest BCUT2D eigenvalue weighted by atomic mass is 9.81. The molecule has 3 rings (SSSR count). The molecule has 156 valence electrons. The molecule has 3 fully saturated rings. The SMILES string of the molecule is CCC1(C)CCN(C(=O)CC2(C(=O)N3CCC(C)(CC)C3)CCNC2)C1.Cl. The fourth-order valence-electron chi connectivity index (χ4n) is 4.90. The van der Waals surface area contributed by atoms with Gasteiger partial charge in [0.2, 0.25) is 11.8 Å². The topological polar surface area (TPSA) is 52.7 Å². The summed E-state index contributed by atoms with van der Waals surface area (Å²) in [5.74, 6) is 0.391. The fourth-order valence-corrected chi connectivity index (χ4v) is 4.90. The molecule has 0 aliphatic carbocycles. The number of hydrogen-bond acceptors (Lipinski definition) is 3. The molecule has 6 heteroatoms. The van der Waals surface area contributed by atoms with Gasteiger partial charge in [0, 0.05) is 39.1 Å². The van der Waals surface area contributed by atoms with Crippen LogP contribution < -0.4 is 5.32 Å². The van der Waals surface area contributed by atoms with Gasteiger partial charge in [-0.2, -0.15) is 0 Å². The van der Waals surface area contributed by atoms with Gasteiger partial charge in [0.1, 0.15) is 0 Å². The monoisotopic (exact) mass is 399 g/mol. The van der Waals surface area contributed by atoms with Gasteiger partial charge in [0.15, 0.2) is 0 Å². The fraction of sp³-hybridized carbons (Fsp3) is 0.905. The van der Waals surface area contributed by atoms with Gasteiger partial charge >= 0.3 is 0 Å². The lowest BCUT2D eigenvalue weighted by Gasteiger charge is -2.34. The largest absolute Gasteiger partial charge is 0.342 e. The molecule has 3 heterocycles. The number of amides is 2. The highest BCUT2D eigenvalue weighted by atomic mass is 35.5. The van der Waals surface area contributed by atoms with Crippen LogP contribution in [0.1, 0.15) is 66.2 Å². The summed E-state index contributed by atoms with van der Waals surface area (Å²) in [4.78, 5) is 30.5. The highest BCUT2D eigenvalue weighted by molar-refractivity contribution is 5.90. The Hall–Kier alpha value is -0.810. The lowest BCUT2D eigenvalue weighted by molar-refractivity contribution is -0.146. The second-order valence-electron chi connectivity index (χ2n) is 9.75. The van der Waals surface area contributed by atoms with E-state index in [0.717, 1.165) is 64.8 Å². The van der Waals surface area contributed by atoms with Crippen molar-refractivity contribution < 1.29 is 9.59 Å². The van der Waals surface area contributed by atoms with Crippen LogP contribution in [-0.4, -0.2) is 60.9 Å². The number of likely N-dealkylation sites (tertiary alicyclic amines) is 2. The standard InChI is InChI=1S/C21H37N3O2.ClH/c1-5-19(3)8-11-23(15-19)17(25)13-21(7-10-22-14-21)18(26)24-12-9-20(4,6-2)16-24;/h22H,5-16H2,1-4H3;1H. The molecular formula is C21H38ClN3O2. The number of carbonyl (C=O) groups excluding carboxylic acids is 2. The summed E-state index contributed by atoms with van der Waals surface area (Å²) in [5.41, 5.74) is -0.0370. The third-order valence-electron chi connectivity index (χ3n) is 7.65. The van der Waals surface area contributed by atoms with Crippen LogP contribution in [0, 0.1) is 16.2 Å². The van der Waals surface area contributed by atoms with Gasteiger partial charge in [-0.05, 0) is 49.5 Å². The predicted octanol–water partition coefficient (Wildman–Crippen LogP) is 3.08. The van der Waals surface area contributed by atoms with Crippen LogP contribution in [0.4, 0.5) is 0 Å². The maximum Gasteiger partial charge on any atom is 0.230 e. The highest BCUT2D eigenvalue weighted by Gasteiger charge is 2.49. The van der Waals surface area contributed by atoms with E-state index in [0.29, 0.717) is 13.0 Å². The molecule has 0 bridgehead atoms. The molecule has 27 heavy (non-hydrogen) atoms. The van der Waals surface area contributed by atoms with E-state index in [4.69, 9.17) is 0 Å². The quantitative estimate of drug-likeness (QED) is 0.772. The van der Waals surface area contributed by atoms with E-state index in [2.05, 4.69) is 33.0 Å². The molecule has 0 aromatic heterocycles. The molecule has 0 aromatic carbocycles. The summed E-state index contributed by atoms with van der Waals surface area (Å²) in [7, 11) is 0. The Bertz CT molecular complexity index is 564. The van der Waals surface area contributed by atoms with Crippen molar-refractivity contribution in [3.8, 4) is 0 Å². The van der Waals surface area contributed by atoms with Crippen molar-refractivity contribution in [2.45, 2.75) is 66.2 Å². The van der Waals surface area contributed by atoms with Gasteiger partial charge in [-0.15, -0.1) is 12.4 Å². The van der Waals surface area contributed by atoms with Gasteiger partial charge in [0.25, 0.3) is 0 Å². The first-order chi connectivity index (χ1) is 12.2. The van der Waals surface area contributed by atoms with Crippen molar-refractivity contribution in [1.29, 1.82) is 0 Å². The third-order valence-corrected chi connectivity index (χ3v) is 7.65. The highest BCUT2D eigenvalue weighted by Crippen LogP contribution is 2.40. The zero-order valence-corrected chi connectivity index (χ0v) is 18.4. The molecule has 0 spiro atoms. The second-order valence-corrected chi connectivity index (χ2v) is 9.75. The Kier molecular flexibility index (Phi) is 6.89. The van der Waals surface area contributed by atoms with Gasteiger partial charge in [-0.3, -0.25) is 9.59 Å². The number of carbonyl (C=O) groups is 2. The van der Waals surface area contributed by atoms with Gasteiger partial charge in [0.05, 0.1) is 5.41 Å². The summed E-state index contributed by atoms with van der Waals surface area (Å²) >= 11 is 0. The molecule has 3 saturated heterocycles. The molecule has 0 saturated carbocycles. The van der Waals surface area contributed by atoms with E-state index >= 15 is 0 Å². The van der Waals surface area contributed by atoms with Crippen LogP contribution in [0.5, 0.6) is 0 Å². The number of rotatable bonds is 5. The predicted molar refractivity (Wildman–Crippen MR) is 111 cm³/mol. The molecule has 3 unspecified atom stereocenters. The normalized spacial score (nSPS) is 36.1. The summed E-state index contributed by atoms with van der Waals surface area (Å²) in [5, 5.41) is 3.36. The molecule has 0 aromatic rings. The molecule has 3 aliphatic heterocycles. The van der Waals surface area contributed by atoms with Crippen LogP contribution in [-0.2, 0) is 9.59 Å². The van der Waals surface area contributed by atoms with E-state index in [1.54, 1.807) is 0 Å². The van der Waals surface area contributed by atoms with E-state index in [9.17, 15) is 9.59 Å². The van der Waals surface area contributed by atoms with E-state index in [-0.39, 0.29) is 35.1 Å². The van der Waals surface area contributed by atoms with E-state index < -0.39 is 5.41 Å². The van der Waals surface area contributed by atoms with Crippen molar-refractivity contribution in [2.75, 3.05) is 39.3 Å². The maximum absolute atomic E-state index is 13.4. The minimum Gasteiger partial charge on any atom is -0.342 e. The van der Waals surface area contributed by atoms with Crippen molar-refractivity contribution in [2.24, 2.45) is 16.2 Å². The summed E-state index contributed by atoms with van der Waals surface area (Å²) in [6, 6.07) is 0. The Labute approximate surface area is 171 Å². The Balaban J connectivity index is 0.00000261. The zero-order valence-electron chi connectivity index (χ0n) is 17.6. The van der Waals surface area contributed by atoms with E-state index in [1.807, 2.05) is 9.80 Å². The molecule has 3 atom stereocenters. The van der Waals surface area contributed by atoms with Gasteiger partial charge in [-0.1, -0.05) is 27.7 Å². The maximum atomic E-state index is 13.4. The number of nitrogens with one attached hydrogen (secondary N) is 1. The molecule has 2 amide bonds. The van der Waals surface area contributed by atoms with Crippen LogP contribution >= 0.6 is 12.4 Å². The van der Waals surface area contributed by atoms with E-state index in [1.165, 1.54) is 0 Å². The summed E-state index contributed by atoms with van der Waals surface area (Å²) in [6.07, 6.45) is 5.52. The molecular weight excluding hydrogens is 362 g/mol. The number of nitrogens with zero attached hydrogens (tertiary/aromatic N) is 2. The number of halogens is 1. The summed E-state index contributed by atoms with van der Waals surface area (Å²) in [6.45, 7) is 13.8. The van der Waals surface area contributed by atoms with Crippen LogP contribution in [0.15, 0.2) is 0 Å². The average molecular weight is 400 g/mol. The second kappa shape index (κ2) is 8.28. The summed E-state index contributed by atoms with van der Waals surface area (Å²) < 4.78 is 0. The van der Waals surface area contributed by atoms with Crippen molar-refractivity contribution in [3.63, 3.8) is 0 Å². The molecule has 0 radical (unpaired) electrons. The Morgan fingerprint density at radius 1 is 0.926 bits per heavy atom. The van der Waals surface area contributed by atoms with Crippen molar-refractivity contribution in [1.82, 2.24) is 15.1 Å². The minimum absolute atomic E-state index is 0. The number of hydrogen-bond donors (Lipinski definition) is 1. The third kappa shape index (κ3) is 4.45.